The van der Waals surface area contributed by atoms with Gasteiger partial charge in [0, 0.05) is 13.7 Å². The summed E-state index contributed by atoms with van der Waals surface area (Å²) in [5.74, 6) is 0.0745. The van der Waals surface area contributed by atoms with Gasteiger partial charge in [0.15, 0.2) is 5.78 Å². The number of carbonyl (C=O) groups is 1. The minimum Gasteiger partial charge on any atom is -0.374 e. The number of methoxy groups -OCH3 is 1. The fourth-order valence-corrected chi connectivity index (χ4v) is 2.33. The molecule has 0 bridgehead atoms. The summed E-state index contributed by atoms with van der Waals surface area (Å²) in [7, 11) is 1.55. The quantitative estimate of drug-likeness (QED) is 0.810. The zero-order valence-electron chi connectivity index (χ0n) is 10.8. The lowest BCUT2D eigenvalue weighted by atomic mass is 10.1. The molecule has 0 aliphatic rings. The van der Waals surface area contributed by atoms with E-state index in [1.54, 1.807) is 14.0 Å². The number of hydrogen-bond acceptors (Lipinski definition) is 3. The molecule has 0 saturated carbocycles. The van der Waals surface area contributed by atoms with Crippen molar-refractivity contribution in [3.8, 4) is 0 Å². The summed E-state index contributed by atoms with van der Waals surface area (Å²) in [6.45, 7) is 6.61. The minimum atomic E-state index is -0.368. The van der Waals surface area contributed by atoms with Crippen LogP contribution in [0.25, 0.3) is 0 Å². The number of carbonyl (C=O) groups excluding carboxylic acids is 1. The van der Waals surface area contributed by atoms with Crippen molar-refractivity contribution in [3.05, 3.63) is 15.9 Å². The molecule has 1 atom stereocenters. The van der Waals surface area contributed by atoms with Crippen LogP contribution in [0.3, 0.4) is 0 Å². The number of ketones is 1. The molecule has 0 amide bonds. The number of ether oxygens (including phenoxy) is 1. The van der Waals surface area contributed by atoms with Crippen molar-refractivity contribution < 1.29 is 9.53 Å². The number of aromatic nitrogens is 2. The number of Topliss-reactive ketones (excluding diaryl/α,β-unsaturated/α-hetero) is 1. The SMILES string of the molecule is CCc1nn(CC)c(CC(=O)C(C)OC)c1Br. The van der Waals surface area contributed by atoms with Crippen molar-refractivity contribution in [1.29, 1.82) is 0 Å². The molecule has 0 aliphatic heterocycles. The van der Waals surface area contributed by atoms with Crippen LogP contribution in [0, 0.1) is 0 Å². The van der Waals surface area contributed by atoms with E-state index in [0.29, 0.717) is 6.42 Å². The fraction of sp³-hybridized carbons (Fsp3) is 0.667. The smallest absolute Gasteiger partial charge is 0.167 e. The Bertz CT molecular complexity index is 401. The third kappa shape index (κ3) is 3.16. The van der Waals surface area contributed by atoms with E-state index in [4.69, 9.17) is 4.74 Å². The van der Waals surface area contributed by atoms with Crippen LogP contribution in [-0.2, 0) is 28.9 Å². The Morgan fingerprint density at radius 3 is 2.65 bits per heavy atom. The first-order valence-corrected chi connectivity index (χ1v) is 6.63. The molecule has 1 aromatic rings. The van der Waals surface area contributed by atoms with Gasteiger partial charge >= 0.3 is 0 Å². The van der Waals surface area contributed by atoms with E-state index in [2.05, 4.69) is 28.0 Å². The standard InChI is InChI=1S/C12H19BrN2O2/c1-5-9-12(13)10(15(6-2)14-9)7-11(16)8(3)17-4/h8H,5-7H2,1-4H3. The molecule has 0 spiro atoms. The second kappa shape index (κ2) is 6.31. The zero-order valence-corrected chi connectivity index (χ0v) is 12.4. The van der Waals surface area contributed by atoms with Crippen LogP contribution in [0.15, 0.2) is 4.47 Å². The molecule has 1 heterocycles. The molecule has 5 heteroatoms. The van der Waals surface area contributed by atoms with Gasteiger partial charge in [0.2, 0.25) is 0 Å². The lowest BCUT2D eigenvalue weighted by Gasteiger charge is -2.09. The Kier molecular flexibility index (Phi) is 5.33. The Morgan fingerprint density at radius 1 is 1.53 bits per heavy atom. The van der Waals surface area contributed by atoms with Gasteiger partial charge in [-0.15, -0.1) is 0 Å². The van der Waals surface area contributed by atoms with Gasteiger partial charge in [0.1, 0.15) is 6.10 Å². The van der Waals surface area contributed by atoms with Crippen LogP contribution in [0.4, 0.5) is 0 Å². The summed E-state index contributed by atoms with van der Waals surface area (Å²) < 4.78 is 7.87. The van der Waals surface area contributed by atoms with Gasteiger partial charge < -0.3 is 4.74 Å². The monoisotopic (exact) mass is 302 g/mol. The van der Waals surface area contributed by atoms with E-state index in [9.17, 15) is 4.79 Å². The molecule has 0 aliphatic carbocycles. The fourth-order valence-electron chi connectivity index (χ4n) is 1.63. The van der Waals surface area contributed by atoms with Crippen molar-refractivity contribution >= 4 is 21.7 Å². The van der Waals surface area contributed by atoms with Crippen molar-refractivity contribution in [1.82, 2.24) is 9.78 Å². The zero-order chi connectivity index (χ0) is 13.0. The molecule has 0 radical (unpaired) electrons. The highest BCUT2D eigenvalue weighted by Gasteiger charge is 2.19. The first-order valence-electron chi connectivity index (χ1n) is 5.84. The van der Waals surface area contributed by atoms with Crippen LogP contribution in [0.5, 0.6) is 0 Å². The summed E-state index contributed by atoms with van der Waals surface area (Å²) >= 11 is 3.53. The molecule has 4 nitrogen and oxygen atoms in total. The average molecular weight is 303 g/mol. The number of aryl methyl sites for hydroxylation is 2. The topological polar surface area (TPSA) is 44.1 Å². The first-order chi connectivity index (χ1) is 8.04. The molecule has 17 heavy (non-hydrogen) atoms. The molecule has 0 N–H and O–H groups in total. The van der Waals surface area contributed by atoms with E-state index < -0.39 is 0 Å². The lowest BCUT2D eigenvalue weighted by Crippen LogP contribution is -2.22. The normalized spacial score (nSPS) is 12.8. The van der Waals surface area contributed by atoms with Gasteiger partial charge in [-0.2, -0.15) is 5.10 Å². The second-order valence-electron chi connectivity index (χ2n) is 3.90. The highest BCUT2D eigenvalue weighted by molar-refractivity contribution is 9.10. The third-order valence-electron chi connectivity index (χ3n) is 2.84. The summed E-state index contributed by atoms with van der Waals surface area (Å²) in [5, 5.41) is 4.46. The molecular formula is C12H19BrN2O2. The van der Waals surface area contributed by atoms with Crippen LogP contribution in [0.1, 0.15) is 32.2 Å². The summed E-state index contributed by atoms with van der Waals surface area (Å²) in [4.78, 5) is 11.9. The van der Waals surface area contributed by atoms with Crippen molar-refractivity contribution in [2.45, 2.75) is 46.3 Å². The first kappa shape index (κ1) is 14.4. The number of rotatable bonds is 6. The number of hydrogen-bond donors (Lipinski definition) is 0. The van der Waals surface area contributed by atoms with Crippen molar-refractivity contribution in [3.63, 3.8) is 0 Å². The van der Waals surface area contributed by atoms with E-state index >= 15 is 0 Å². The van der Waals surface area contributed by atoms with E-state index in [0.717, 1.165) is 28.8 Å². The van der Waals surface area contributed by atoms with Crippen LogP contribution in [-0.4, -0.2) is 28.8 Å². The molecule has 0 fully saturated rings. The maximum atomic E-state index is 11.9. The Labute approximate surface area is 110 Å². The maximum absolute atomic E-state index is 11.9. The van der Waals surface area contributed by atoms with Crippen LogP contribution >= 0.6 is 15.9 Å². The average Bonchev–Trinajstić information content (AvgIpc) is 2.65. The molecular weight excluding hydrogens is 284 g/mol. The van der Waals surface area contributed by atoms with Gasteiger partial charge in [0.05, 0.1) is 22.3 Å². The molecule has 0 aromatic carbocycles. The third-order valence-corrected chi connectivity index (χ3v) is 3.76. The second-order valence-corrected chi connectivity index (χ2v) is 4.69. The van der Waals surface area contributed by atoms with E-state index in [-0.39, 0.29) is 11.9 Å². The molecule has 0 saturated heterocycles. The van der Waals surface area contributed by atoms with E-state index in [1.165, 1.54) is 0 Å². The van der Waals surface area contributed by atoms with Gasteiger partial charge in [-0.25, -0.2) is 0 Å². The van der Waals surface area contributed by atoms with Gasteiger partial charge in [-0.3, -0.25) is 9.48 Å². The number of halogens is 1. The molecule has 1 unspecified atom stereocenters. The molecule has 96 valence electrons. The van der Waals surface area contributed by atoms with Crippen molar-refractivity contribution in [2.75, 3.05) is 7.11 Å². The Morgan fingerprint density at radius 2 is 2.18 bits per heavy atom. The Hall–Kier alpha value is -0.680. The van der Waals surface area contributed by atoms with Crippen LogP contribution < -0.4 is 0 Å². The van der Waals surface area contributed by atoms with Crippen LogP contribution in [0.2, 0.25) is 0 Å². The largest absolute Gasteiger partial charge is 0.374 e. The maximum Gasteiger partial charge on any atom is 0.167 e. The Balaban J connectivity index is 2.97. The predicted molar refractivity (Wildman–Crippen MR) is 70.2 cm³/mol. The predicted octanol–water partition coefficient (Wildman–Crippen LogP) is 2.37. The van der Waals surface area contributed by atoms with Gasteiger partial charge in [-0.05, 0) is 36.2 Å². The van der Waals surface area contributed by atoms with Gasteiger partial charge in [0.25, 0.3) is 0 Å². The lowest BCUT2D eigenvalue weighted by molar-refractivity contribution is -0.127. The summed E-state index contributed by atoms with van der Waals surface area (Å²) in [5.41, 5.74) is 1.94. The van der Waals surface area contributed by atoms with Gasteiger partial charge in [-0.1, -0.05) is 6.92 Å². The summed E-state index contributed by atoms with van der Waals surface area (Å²) in [6.07, 6.45) is 0.845. The van der Waals surface area contributed by atoms with E-state index in [1.807, 2.05) is 11.6 Å². The highest BCUT2D eigenvalue weighted by Crippen LogP contribution is 2.23. The molecule has 1 aromatic heterocycles. The molecule has 1 rings (SSSR count). The van der Waals surface area contributed by atoms with Crippen molar-refractivity contribution in [2.24, 2.45) is 0 Å². The highest BCUT2D eigenvalue weighted by atomic mass is 79.9. The minimum absolute atomic E-state index is 0.0745. The number of nitrogens with zero attached hydrogens (tertiary/aromatic N) is 2. The summed E-state index contributed by atoms with van der Waals surface area (Å²) in [6, 6.07) is 0.